The van der Waals surface area contributed by atoms with Crippen molar-refractivity contribution in [3.63, 3.8) is 0 Å². The number of ether oxygens (including phenoxy) is 1. The maximum absolute atomic E-state index is 11.7. The van der Waals surface area contributed by atoms with Gasteiger partial charge in [-0.2, -0.15) is 0 Å². The minimum atomic E-state index is -0.348. The fraction of sp³-hybridized carbons (Fsp3) is 0.467. The number of amides is 1. The van der Waals surface area contributed by atoms with Gasteiger partial charge < -0.3 is 10.1 Å². The molecular weight excluding hydrogens is 322 g/mol. The highest BCUT2D eigenvalue weighted by Crippen LogP contribution is 2.37. The number of carbonyl (C=O) groups excluding carboxylic acids is 2. The Morgan fingerprint density at radius 2 is 2.15 bits per heavy atom. The molecule has 1 aliphatic rings. The van der Waals surface area contributed by atoms with Crippen molar-refractivity contribution in [2.24, 2.45) is 11.8 Å². The standard InChI is InChI=1S/C15H18BrNO3/c1-9-3-4-13(12(16)7-9)20-14(18)5-6-17-15(19)11-8-10(11)2/h3-4,7,10-11H,5-6,8H2,1-2H3,(H,17,19)/t10-,11+/m0/s1. The lowest BCUT2D eigenvalue weighted by atomic mass is 10.2. The maximum atomic E-state index is 11.7. The first-order chi connectivity index (χ1) is 9.47. The van der Waals surface area contributed by atoms with Gasteiger partial charge in [-0.3, -0.25) is 9.59 Å². The average molecular weight is 340 g/mol. The number of halogens is 1. The zero-order valence-electron chi connectivity index (χ0n) is 11.6. The molecule has 1 amide bonds. The number of carbonyl (C=O) groups is 2. The third-order valence-electron chi connectivity index (χ3n) is 3.39. The van der Waals surface area contributed by atoms with E-state index < -0.39 is 0 Å². The van der Waals surface area contributed by atoms with Gasteiger partial charge >= 0.3 is 5.97 Å². The van der Waals surface area contributed by atoms with Gasteiger partial charge in [0.1, 0.15) is 5.75 Å². The van der Waals surface area contributed by atoms with E-state index in [4.69, 9.17) is 4.74 Å². The summed E-state index contributed by atoms with van der Waals surface area (Å²) >= 11 is 3.35. The van der Waals surface area contributed by atoms with Crippen LogP contribution in [0.15, 0.2) is 22.7 Å². The Morgan fingerprint density at radius 3 is 2.75 bits per heavy atom. The summed E-state index contributed by atoms with van der Waals surface area (Å²) in [7, 11) is 0. The molecule has 1 aromatic carbocycles. The molecule has 0 unspecified atom stereocenters. The van der Waals surface area contributed by atoms with Gasteiger partial charge in [0, 0.05) is 12.5 Å². The van der Waals surface area contributed by atoms with Crippen molar-refractivity contribution in [3.8, 4) is 5.75 Å². The fourth-order valence-electron chi connectivity index (χ4n) is 1.97. The van der Waals surface area contributed by atoms with Crippen LogP contribution in [0.2, 0.25) is 0 Å². The van der Waals surface area contributed by atoms with Gasteiger partial charge in [-0.05, 0) is 52.9 Å². The van der Waals surface area contributed by atoms with Crippen LogP contribution in [0.1, 0.15) is 25.3 Å². The number of aryl methyl sites for hydroxylation is 1. The van der Waals surface area contributed by atoms with Crippen LogP contribution in [0, 0.1) is 18.8 Å². The number of esters is 1. The summed E-state index contributed by atoms with van der Waals surface area (Å²) in [5, 5.41) is 2.76. The Hall–Kier alpha value is -1.36. The maximum Gasteiger partial charge on any atom is 0.313 e. The highest BCUT2D eigenvalue weighted by atomic mass is 79.9. The molecule has 1 N–H and O–H groups in total. The predicted octanol–water partition coefficient (Wildman–Crippen LogP) is 2.83. The monoisotopic (exact) mass is 339 g/mol. The predicted molar refractivity (Wildman–Crippen MR) is 79.4 cm³/mol. The molecule has 0 saturated heterocycles. The van der Waals surface area contributed by atoms with Crippen molar-refractivity contribution < 1.29 is 14.3 Å². The molecule has 0 radical (unpaired) electrons. The minimum Gasteiger partial charge on any atom is -0.425 e. The van der Waals surface area contributed by atoms with Crippen LogP contribution < -0.4 is 10.1 Å². The summed E-state index contributed by atoms with van der Waals surface area (Å²) in [6.07, 6.45) is 1.12. The Balaban J connectivity index is 1.73. The zero-order valence-corrected chi connectivity index (χ0v) is 13.2. The Kier molecular flexibility index (Phi) is 4.81. The molecule has 20 heavy (non-hydrogen) atoms. The molecule has 0 bridgehead atoms. The third kappa shape index (κ3) is 4.07. The molecule has 5 heteroatoms. The average Bonchev–Trinajstić information content (AvgIpc) is 3.10. The molecule has 2 rings (SSSR count). The van der Waals surface area contributed by atoms with Crippen LogP contribution in [0.25, 0.3) is 0 Å². The SMILES string of the molecule is Cc1ccc(OC(=O)CCNC(=O)[C@@H]2C[C@@H]2C)c(Br)c1. The number of nitrogens with one attached hydrogen (secondary N) is 1. The molecule has 0 aromatic heterocycles. The van der Waals surface area contributed by atoms with Crippen LogP contribution in [-0.4, -0.2) is 18.4 Å². The van der Waals surface area contributed by atoms with Gasteiger partial charge in [0.15, 0.2) is 0 Å². The molecule has 0 aliphatic heterocycles. The van der Waals surface area contributed by atoms with Gasteiger partial charge in [0.25, 0.3) is 0 Å². The molecule has 2 atom stereocenters. The van der Waals surface area contributed by atoms with Crippen LogP contribution in [0.4, 0.5) is 0 Å². The van der Waals surface area contributed by atoms with E-state index in [0.717, 1.165) is 16.5 Å². The Labute approximate surface area is 127 Å². The van der Waals surface area contributed by atoms with E-state index >= 15 is 0 Å². The molecule has 1 aromatic rings. The lowest BCUT2D eigenvalue weighted by Crippen LogP contribution is -2.28. The van der Waals surface area contributed by atoms with Crippen LogP contribution in [-0.2, 0) is 9.59 Å². The summed E-state index contributed by atoms with van der Waals surface area (Å²) in [6, 6.07) is 5.52. The molecular formula is C15H18BrNO3. The third-order valence-corrected chi connectivity index (χ3v) is 4.01. The topological polar surface area (TPSA) is 55.4 Å². The summed E-state index contributed by atoms with van der Waals surface area (Å²) in [5.74, 6) is 0.811. The van der Waals surface area contributed by atoms with Crippen LogP contribution in [0.3, 0.4) is 0 Å². The molecule has 4 nitrogen and oxygen atoms in total. The second kappa shape index (κ2) is 6.39. The van der Waals surface area contributed by atoms with Gasteiger partial charge in [-0.25, -0.2) is 0 Å². The summed E-state index contributed by atoms with van der Waals surface area (Å²) < 4.78 is 5.99. The van der Waals surface area contributed by atoms with E-state index in [0.29, 0.717) is 18.2 Å². The number of benzene rings is 1. The van der Waals surface area contributed by atoms with Gasteiger partial charge in [-0.1, -0.05) is 13.0 Å². The van der Waals surface area contributed by atoms with Gasteiger partial charge in [-0.15, -0.1) is 0 Å². The van der Waals surface area contributed by atoms with Crippen molar-refractivity contribution in [3.05, 3.63) is 28.2 Å². The first kappa shape index (κ1) is 15.0. The number of hydrogen-bond donors (Lipinski definition) is 1. The molecule has 1 fully saturated rings. The lowest BCUT2D eigenvalue weighted by Gasteiger charge is -2.08. The normalized spacial score (nSPS) is 20.4. The minimum absolute atomic E-state index is 0.0433. The highest BCUT2D eigenvalue weighted by molar-refractivity contribution is 9.10. The molecule has 108 valence electrons. The lowest BCUT2D eigenvalue weighted by molar-refractivity contribution is -0.134. The van der Waals surface area contributed by atoms with Crippen molar-refractivity contribution in [2.45, 2.75) is 26.7 Å². The molecule has 1 saturated carbocycles. The second-order valence-corrected chi connectivity index (χ2v) is 6.12. The van der Waals surface area contributed by atoms with Crippen molar-refractivity contribution in [1.82, 2.24) is 5.32 Å². The van der Waals surface area contributed by atoms with E-state index in [1.54, 1.807) is 6.07 Å². The highest BCUT2D eigenvalue weighted by Gasteiger charge is 2.38. The zero-order chi connectivity index (χ0) is 14.7. The summed E-state index contributed by atoms with van der Waals surface area (Å²) in [4.78, 5) is 23.3. The fourth-order valence-corrected chi connectivity index (χ4v) is 2.54. The number of rotatable bonds is 5. The largest absolute Gasteiger partial charge is 0.425 e. The number of hydrogen-bond acceptors (Lipinski definition) is 3. The van der Waals surface area contributed by atoms with Gasteiger partial charge in [0.2, 0.25) is 5.91 Å². The molecule has 1 aliphatic carbocycles. The van der Waals surface area contributed by atoms with Crippen molar-refractivity contribution in [1.29, 1.82) is 0 Å². The van der Waals surface area contributed by atoms with E-state index in [-0.39, 0.29) is 24.2 Å². The van der Waals surface area contributed by atoms with Crippen molar-refractivity contribution in [2.75, 3.05) is 6.54 Å². The quantitative estimate of drug-likeness (QED) is 0.662. The van der Waals surface area contributed by atoms with Crippen LogP contribution >= 0.6 is 15.9 Å². The van der Waals surface area contributed by atoms with E-state index in [2.05, 4.69) is 21.2 Å². The summed E-state index contributed by atoms with van der Waals surface area (Å²) in [5.41, 5.74) is 1.09. The smallest absolute Gasteiger partial charge is 0.313 e. The van der Waals surface area contributed by atoms with E-state index in [9.17, 15) is 9.59 Å². The Morgan fingerprint density at radius 1 is 1.45 bits per heavy atom. The Bertz CT molecular complexity index is 530. The molecule has 0 heterocycles. The van der Waals surface area contributed by atoms with Crippen molar-refractivity contribution >= 4 is 27.8 Å². The second-order valence-electron chi connectivity index (χ2n) is 5.27. The first-order valence-electron chi connectivity index (χ1n) is 6.72. The summed E-state index contributed by atoms with van der Waals surface area (Å²) in [6.45, 7) is 4.34. The van der Waals surface area contributed by atoms with Crippen LogP contribution in [0.5, 0.6) is 5.75 Å². The van der Waals surface area contributed by atoms with E-state index in [1.807, 2.05) is 26.0 Å². The molecule has 0 spiro atoms. The van der Waals surface area contributed by atoms with E-state index in [1.165, 1.54) is 0 Å². The van der Waals surface area contributed by atoms with Gasteiger partial charge in [0.05, 0.1) is 10.9 Å². The first-order valence-corrected chi connectivity index (χ1v) is 7.51.